The molecule has 0 aliphatic rings. The van der Waals surface area contributed by atoms with Crippen LogP contribution in [0.15, 0.2) is 102 Å². The maximum absolute atomic E-state index is 14.7. The van der Waals surface area contributed by atoms with Gasteiger partial charge in [-0.1, -0.05) is 97.7 Å². The Hall–Kier alpha value is -4.34. The van der Waals surface area contributed by atoms with Gasteiger partial charge in [-0.05, 0) is 66.8 Å². The Morgan fingerprint density at radius 2 is 1.55 bits per heavy atom. The Morgan fingerprint density at radius 3 is 2.19 bits per heavy atom. The van der Waals surface area contributed by atoms with Crippen LogP contribution >= 0.6 is 11.6 Å². The second-order valence-electron chi connectivity index (χ2n) is 11.9. The third-order valence-corrected chi connectivity index (χ3v) is 9.86. The summed E-state index contributed by atoms with van der Waals surface area (Å²) in [5.74, 6) is -0.481. The number of carbonyl (C=O) groups excluding carboxylic acids is 2. The van der Waals surface area contributed by atoms with Crippen molar-refractivity contribution in [3.8, 4) is 5.75 Å². The first-order valence-electron chi connectivity index (χ1n) is 15.5. The van der Waals surface area contributed by atoms with Gasteiger partial charge in [0.25, 0.3) is 10.0 Å². The second-order valence-corrected chi connectivity index (χ2v) is 14.2. The summed E-state index contributed by atoms with van der Waals surface area (Å²) in [5.41, 5.74) is 3.62. The molecule has 0 aromatic heterocycles. The molecule has 248 valence electrons. The molecular weight excluding hydrogens is 634 g/mol. The molecule has 0 fully saturated rings. The number of rotatable bonds is 14. The van der Waals surface area contributed by atoms with E-state index in [-0.39, 0.29) is 46.1 Å². The highest BCUT2D eigenvalue weighted by molar-refractivity contribution is 7.92. The minimum atomic E-state index is -4.31. The Bertz CT molecular complexity index is 1780. The average Bonchev–Trinajstić information content (AvgIpc) is 3.05. The van der Waals surface area contributed by atoms with Crippen LogP contribution in [0.3, 0.4) is 0 Å². The van der Waals surface area contributed by atoms with E-state index in [2.05, 4.69) is 5.32 Å². The Morgan fingerprint density at radius 1 is 0.894 bits per heavy atom. The van der Waals surface area contributed by atoms with Crippen molar-refractivity contribution < 1.29 is 22.7 Å². The number of sulfonamides is 1. The lowest BCUT2D eigenvalue weighted by Gasteiger charge is -2.34. The Kier molecular flexibility index (Phi) is 12.1. The molecule has 2 amide bonds. The first kappa shape index (κ1) is 35.5. The standard InChI is InChI=1S/C37H42ClN3O5S/c1-26(2)23-39-37(43)34(21-29-12-7-6-8-13-29)40(24-30-14-10-9-11-28(30)4)36(42)25-41(33-22-31(38)17-20-35(33)46-5)47(44,45)32-18-15-27(3)16-19-32/h6-20,22,26,34H,21,23-25H2,1-5H3,(H,39,43)/t34-/m0/s1. The SMILES string of the molecule is COc1ccc(Cl)cc1N(CC(=O)N(Cc1ccccc1C)[C@@H](Cc1ccccc1)C(=O)NCC(C)C)S(=O)(=O)c1ccc(C)cc1. The zero-order valence-corrected chi connectivity index (χ0v) is 29.0. The minimum Gasteiger partial charge on any atom is -0.495 e. The van der Waals surface area contributed by atoms with E-state index in [1.54, 1.807) is 24.3 Å². The van der Waals surface area contributed by atoms with Crippen molar-refractivity contribution in [2.75, 3.05) is 24.5 Å². The number of halogens is 1. The van der Waals surface area contributed by atoms with Crippen LogP contribution in [-0.4, -0.2) is 51.4 Å². The van der Waals surface area contributed by atoms with Crippen LogP contribution in [-0.2, 0) is 32.6 Å². The number of anilines is 1. The van der Waals surface area contributed by atoms with Crippen molar-refractivity contribution in [2.45, 2.75) is 51.6 Å². The molecule has 1 atom stereocenters. The largest absolute Gasteiger partial charge is 0.495 e. The predicted octanol–water partition coefficient (Wildman–Crippen LogP) is 6.57. The highest BCUT2D eigenvalue weighted by atomic mass is 35.5. The topological polar surface area (TPSA) is 96.0 Å². The van der Waals surface area contributed by atoms with E-state index in [1.807, 2.05) is 82.3 Å². The summed E-state index contributed by atoms with van der Waals surface area (Å²) in [6.45, 7) is 7.69. The molecule has 0 radical (unpaired) electrons. The molecule has 4 rings (SSSR count). The number of benzene rings is 4. The highest BCUT2D eigenvalue weighted by Gasteiger charge is 2.36. The Balaban J connectivity index is 1.86. The molecule has 0 saturated carbocycles. The monoisotopic (exact) mass is 675 g/mol. The molecular formula is C37H42ClN3O5S. The highest BCUT2D eigenvalue weighted by Crippen LogP contribution is 2.35. The van der Waals surface area contributed by atoms with Crippen LogP contribution < -0.4 is 14.4 Å². The van der Waals surface area contributed by atoms with Gasteiger partial charge in [0.05, 0.1) is 17.7 Å². The molecule has 47 heavy (non-hydrogen) atoms. The molecule has 0 unspecified atom stereocenters. The van der Waals surface area contributed by atoms with Gasteiger partial charge in [-0.3, -0.25) is 13.9 Å². The summed E-state index contributed by atoms with van der Waals surface area (Å²) in [4.78, 5) is 30.1. The van der Waals surface area contributed by atoms with Gasteiger partial charge in [0.2, 0.25) is 11.8 Å². The molecule has 0 saturated heterocycles. The van der Waals surface area contributed by atoms with Crippen LogP contribution in [0.4, 0.5) is 5.69 Å². The van der Waals surface area contributed by atoms with E-state index in [4.69, 9.17) is 16.3 Å². The lowest BCUT2D eigenvalue weighted by atomic mass is 10.0. The number of aryl methyl sites for hydroxylation is 2. The summed E-state index contributed by atoms with van der Waals surface area (Å²) in [6.07, 6.45) is 0.230. The van der Waals surface area contributed by atoms with Gasteiger partial charge in [0, 0.05) is 24.5 Å². The lowest BCUT2D eigenvalue weighted by Crippen LogP contribution is -2.53. The summed E-state index contributed by atoms with van der Waals surface area (Å²) in [7, 11) is -2.89. The number of ether oxygens (including phenoxy) is 1. The summed E-state index contributed by atoms with van der Waals surface area (Å²) in [6, 6.07) is 27.2. The van der Waals surface area contributed by atoms with Gasteiger partial charge in [-0.15, -0.1) is 0 Å². The quantitative estimate of drug-likeness (QED) is 0.163. The van der Waals surface area contributed by atoms with E-state index in [0.717, 1.165) is 26.6 Å². The third kappa shape index (κ3) is 9.14. The van der Waals surface area contributed by atoms with Crippen molar-refractivity contribution in [2.24, 2.45) is 5.92 Å². The molecule has 0 aliphatic carbocycles. The molecule has 0 spiro atoms. The summed E-state index contributed by atoms with van der Waals surface area (Å²) >= 11 is 6.38. The molecule has 4 aromatic carbocycles. The summed E-state index contributed by atoms with van der Waals surface area (Å²) < 4.78 is 35.3. The van der Waals surface area contributed by atoms with E-state index in [0.29, 0.717) is 6.54 Å². The molecule has 10 heteroatoms. The van der Waals surface area contributed by atoms with Crippen LogP contribution in [0.1, 0.15) is 36.1 Å². The first-order valence-corrected chi connectivity index (χ1v) is 17.3. The molecule has 0 bridgehead atoms. The van der Waals surface area contributed by atoms with Gasteiger partial charge >= 0.3 is 0 Å². The zero-order valence-electron chi connectivity index (χ0n) is 27.4. The van der Waals surface area contributed by atoms with E-state index in [9.17, 15) is 18.0 Å². The number of nitrogens with one attached hydrogen (secondary N) is 1. The fraction of sp³-hybridized carbons (Fsp3) is 0.297. The van der Waals surface area contributed by atoms with Crippen molar-refractivity contribution in [1.29, 1.82) is 0 Å². The maximum atomic E-state index is 14.7. The maximum Gasteiger partial charge on any atom is 0.264 e. The zero-order chi connectivity index (χ0) is 34.1. The number of carbonyl (C=O) groups is 2. The van der Waals surface area contributed by atoms with Gasteiger partial charge in [0.15, 0.2) is 0 Å². The van der Waals surface area contributed by atoms with Crippen molar-refractivity contribution >= 4 is 39.1 Å². The number of methoxy groups -OCH3 is 1. The normalized spacial score (nSPS) is 12.0. The fourth-order valence-corrected chi connectivity index (χ4v) is 6.74. The third-order valence-electron chi connectivity index (χ3n) is 7.86. The van der Waals surface area contributed by atoms with Crippen LogP contribution in [0.25, 0.3) is 0 Å². The smallest absolute Gasteiger partial charge is 0.264 e. The van der Waals surface area contributed by atoms with E-state index >= 15 is 0 Å². The number of hydrogen-bond acceptors (Lipinski definition) is 5. The van der Waals surface area contributed by atoms with E-state index in [1.165, 1.54) is 30.2 Å². The number of hydrogen-bond donors (Lipinski definition) is 1. The van der Waals surface area contributed by atoms with E-state index < -0.39 is 28.5 Å². The number of nitrogens with zero attached hydrogens (tertiary/aromatic N) is 2. The Labute approximate surface area is 283 Å². The molecule has 4 aromatic rings. The predicted molar refractivity (Wildman–Crippen MR) is 187 cm³/mol. The van der Waals surface area contributed by atoms with Gasteiger partial charge < -0.3 is 15.0 Å². The van der Waals surface area contributed by atoms with Gasteiger partial charge in [0.1, 0.15) is 18.3 Å². The molecule has 0 heterocycles. The van der Waals surface area contributed by atoms with Crippen molar-refractivity contribution in [3.63, 3.8) is 0 Å². The van der Waals surface area contributed by atoms with Crippen LogP contribution in [0, 0.1) is 19.8 Å². The van der Waals surface area contributed by atoms with Gasteiger partial charge in [-0.25, -0.2) is 8.42 Å². The van der Waals surface area contributed by atoms with Crippen molar-refractivity contribution in [3.05, 3.63) is 124 Å². The van der Waals surface area contributed by atoms with Crippen LogP contribution in [0.5, 0.6) is 5.75 Å². The van der Waals surface area contributed by atoms with Crippen LogP contribution in [0.2, 0.25) is 5.02 Å². The second kappa shape index (κ2) is 16.0. The first-order chi connectivity index (χ1) is 22.4. The molecule has 1 N–H and O–H groups in total. The lowest BCUT2D eigenvalue weighted by molar-refractivity contribution is -0.140. The summed E-state index contributed by atoms with van der Waals surface area (Å²) in [5, 5.41) is 3.28. The number of amides is 2. The molecule has 0 aliphatic heterocycles. The molecule has 8 nitrogen and oxygen atoms in total. The fourth-order valence-electron chi connectivity index (χ4n) is 5.16. The van der Waals surface area contributed by atoms with Crippen molar-refractivity contribution in [1.82, 2.24) is 10.2 Å². The minimum absolute atomic E-state index is 0.00102. The van der Waals surface area contributed by atoms with Gasteiger partial charge in [-0.2, -0.15) is 0 Å². The average molecular weight is 676 g/mol.